The van der Waals surface area contributed by atoms with Crippen molar-refractivity contribution in [1.29, 1.82) is 0 Å². The second kappa shape index (κ2) is 8.69. The second-order valence-corrected chi connectivity index (χ2v) is 7.10. The summed E-state index contributed by atoms with van der Waals surface area (Å²) in [6, 6.07) is 14.1. The lowest BCUT2D eigenvalue weighted by atomic mass is 10.1. The van der Waals surface area contributed by atoms with Crippen LogP contribution in [0.2, 0.25) is 0 Å². The van der Waals surface area contributed by atoms with E-state index in [1.54, 1.807) is 29.2 Å². The highest BCUT2D eigenvalue weighted by atomic mass is 16.4. The topological polar surface area (TPSA) is 86.7 Å². The van der Waals surface area contributed by atoms with Crippen LogP contribution in [0.25, 0.3) is 0 Å². The van der Waals surface area contributed by atoms with Crippen molar-refractivity contribution in [2.45, 2.75) is 38.8 Å². The summed E-state index contributed by atoms with van der Waals surface area (Å²) >= 11 is 0. The Morgan fingerprint density at radius 3 is 2.36 bits per heavy atom. The fraction of sp³-hybridized carbons (Fsp3) is 0.318. The molecule has 1 aliphatic heterocycles. The Kier molecular flexibility index (Phi) is 6.09. The first-order valence-corrected chi connectivity index (χ1v) is 9.39. The molecule has 6 nitrogen and oxygen atoms in total. The molecule has 2 aromatic carbocycles. The number of nitrogens with one attached hydrogen (secondary N) is 1. The van der Waals surface area contributed by atoms with Crippen molar-refractivity contribution in [2.24, 2.45) is 0 Å². The minimum Gasteiger partial charge on any atom is -0.478 e. The molecule has 2 aromatic rings. The molecule has 146 valence electrons. The van der Waals surface area contributed by atoms with E-state index < -0.39 is 12.0 Å². The first-order chi connectivity index (χ1) is 13.4. The molecule has 1 heterocycles. The van der Waals surface area contributed by atoms with Crippen LogP contribution in [0.5, 0.6) is 0 Å². The van der Waals surface area contributed by atoms with E-state index in [0.717, 1.165) is 16.7 Å². The molecule has 1 aliphatic rings. The number of carbonyl (C=O) groups is 3. The summed E-state index contributed by atoms with van der Waals surface area (Å²) < 4.78 is 0. The molecule has 0 saturated carbocycles. The van der Waals surface area contributed by atoms with Crippen molar-refractivity contribution in [2.75, 3.05) is 6.54 Å². The molecule has 0 unspecified atom stereocenters. The van der Waals surface area contributed by atoms with Gasteiger partial charge in [-0.3, -0.25) is 9.59 Å². The zero-order valence-corrected chi connectivity index (χ0v) is 15.9. The summed E-state index contributed by atoms with van der Waals surface area (Å²) in [4.78, 5) is 37.4. The zero-order valence-electron chi connectivity index (χ0n) is 15.9. The van der Waals surface area contributed by atoms with E-state index in [2.05, 4.69) is 5.32 Å². The largest absolute Gasteiger partial charge is 0.478 e. The molecule has 2 amide bonds. The molecule has 1 fully saturated rings. The van der Waals surface area contributed by atoms with Gasteiger partial charge in [-0.15, -0.1) is 0 Å². The van der Waals surface area contributed by atoms with Crippen LogP contribution in [0.15, 0.2) is 48.5 Å². The molecule has 0 spiro atoms. The summed E-state index contributed by atoms with van der Waals surface area (Å²) in [7, 11) is 0. The van der Waals surface area contributed by atoms with Gasteiger partial charge in [0.1, 0.15) is 6.04 Å². The minimum atomic E-state index is -0.959. The lowest BCUT2D eigenvalue weighted by Crippen LogP contribution is -2.44. The predicted octanol–water partition coefficient (Wildman–Crippen LogP) is 2.54. The summed E-state index contributed by atoms with van der Waals surface area (Å²) in [6.07, 6.45) is 1.52. The van der Waals surface area contributed by atoms with Crippen LogP contribution >= 0.6 is 0 Å². The van der Waals surface area contributed by atoms with Gasteiger partial charge in [0.05, 0.1) is 5.56 Å². The second-order valence-electron chi connectivity index (χ2n) is 7.10. The van der Waals surface area contributed by atoms with Crippen LogP contribution in [0.3, 0.4) is 0 Å². The fourth-order valence-corrected chi connectivity index (χ4v) is 3.36. The van der Waals surface area contributed by atoms with Gasteiger partial charge in [-0.2, -0.15) is 0 Å². The summed E-state index contributed by atoms with van der Waals surface area (Å²) in [5, 5.41) is 11.8. The Bertz CT molecular complexity index is 859. The molecule has 28 heavy (non-hydrogen) atoms. The van der Waals surface area contributed by atoms with E-state index in [4.69, 9.17) is 5.11 Å². The lowest BCUT2D eigenvalue weighted by Gasteiger charge is -2.24. The quantitative estimate of drug-likeness (QED) is 0.773. The first kappa shape index (κ1) is 19.6. The highest BCUT2D eigenvalue weighted by molar-refractivity contribution is 5.91. The molecular formula is C22H24N2O4. The number of aromatic carboxylic acids is 1. The van der Waals surface area contributed by atoms with Crippen LogP contribution in [0.1, 0.15) is 39.9 Å². The van der Waals surface area contributed by atoms with E-state index in [9.17, 15) is 14.4 Å². The van der Waals surface area contributed by atoms with E-state index in [1.807, 2.05) is 31.2 Å². The number of carboxylic acids is 1. The summed E-state index contributed by atoms with van der Waals surface area (Å²) in [5.41, 5.74) is 3.35. The third-order valence-electron chi connectivity index (χ3n) is 5.02. The number of benzene rings is 2. The summed E-state index contributed by atoms with van der Waals surface area (Å²) in [5.74, 6) is -1.09. The normalized spacial score (nSPS) is 16.2. The molecule has 0 aromatic heterocycles. The number of hydrogen-bond donors (Lipinski definition) is 2. The van der Waals surface area contributed by atoms with Gasteiger partial charge in [-0.1, -0.05) is 42.0 Å². The minimum absolute atomic E-state index is 0.00462. The monoisotopic (exact) mass is 380 g/mol. The molecule has 3 rings (SSSR count). The van der Waals surface area contributed by atoms with Crippen molar-refractivity contribution in [1.82, 2.24) is 10.2 Å². The van der Waals surface area contributed by atoms with Gasteiger partial charge in [-0.05, 0) is 43.0 Å². The third kappa shape index (κ3) is 4.76. The summed E-state index contributed by atoms with van der Waals surface area (Å²) in [6.45, 7) is 2.89. The number of hydrogen-bond acceptors (Lipinski definition) is 3. The highest BCUT2D eigenvalue weighted by Gasteiger charge is 2.35. The number of aryl methyl sites for hydroxylation is 1. The Labute approximate surface area is 164 Å². The smallest absolute Gasteiger partial charge is 0.335 e. The number of nitrogens with zero attached hydrogens (tertiary/aromatic N) is 1. The number of carbonyl (C=O) groups excluding carboxylic acids is 2. The average Bonchev–Trinajstić information content (AvgIpc) is 3.04. The molecule has 2 N–H and O–H groups in total. The van der Waals surface area contributed by atoms with Crippen molar-refractivity contribution in [3.05, 3.63) is 70.8 Å². The average molecular weight is 380 g/mol. The van der Waals surface area contributed by atoms with E-state index in [-0.39, 0.29) is 17.4 Å². The molecule has 0 radical (unpaired) electrons. The van der Waals surface area contributed by atoms with Gasteiger partial charge in [0.15, 0.2) is 0 Å². The Hall–Kier alpha value is -3.15. The number of carboxylic acid groups (broad SMARTS) is 1. The van der Waals surface area contributed by atoms with Crippen LogP contribution in [0, 0.1) is 6.92 Å². The van der Waals surface area contributed by atoms with Gasteiger partial charge < -0.3 is 15.3 Å². The number of likely N-dealkylation sites (tertiary alicyclic amines) is 1. The van der Waals surface area contributed by atoms with Gasteiger partial charge in [0, 0.05) is 19.5 Å². The molecule has 1 atom stereocenters. The van der Waals surface area contributed by atoms with Gasteiger partial charge in [0.2, 0.25) is 11.8 Å². The van der Waals surface area contributed by atoms with Crippen LogP contribution in [-0.2, 0) is 22.6 Å². The van der Waals surface area contributed by atoms with E-state index in [1.165, 1.54) is 0 Å². The van der Waals surface area contributed by atoms with Crippen molar-refractivity contribution >= 4 is 17.8 Å². The van der Waals surface area contributed by atoms with Crippen LogP contribution in [0.4, 0.5) is 0 Å². The standard InChI is InChI=1S/C22H24N2O4/c1-15-2-4-17(5-3-15)14-24-19(10-11-20(24)25)21(26)23-13-12-16-6-8-18(9-7-16)22(27)28/h2-9,19H,10-14H2,1H3,(H,23,26)(H,27,28)/t19-/m1/s1. The molecular weight excluding hydrogens is 356 g/mol. The lowest BCUT2D eigenvalue weighted by molar-refractivity contribution is -0.135. The van der Waals surface area contributed by atoms with Gasteiger partial charge in [-0.25, -0.2) is 4.79 Å². The van der Waals surface area contributed by atoms with Crippen molar-refractivity contribution in [3.8, 4) is 0 Å². The molecule has 1 saturated heterocycles. The van der Waals surface area contributed by atoms with Crippen LogP contribution in [-0.4, -0.2) is 40.4 Å². The number of amides is 2. The zero-order chi connectivity index (χ0) is 20.1. The third-order valence-corrected chi connectivity index (χ3v) is 5.02. The highest BCUT2D eigenvalue weighted by Crippen LogP contribution is 2.22. The van der Waals surface area contributed by atoms with Crippen molar-refractivity contribution < 1.29 is 19.5 Å². The van der Waals surface area contributed by atoms with Crippen LogP contribution < -0.4 is 5.32 Å². The molecule has 6 heteroatoms. The predicted molar refractivity (Wildman–Crippen MR) is 105 cm³/mol. The fourth-order valence-electron chi connectivity index (χ4n) is 3.36. The number of rotatable bonds is 7. The Morgan fingerprint density at radius 1 is 1.07 bits per heavy atom. The SMILES string of the molecule is Cc1ccc(CN2C(=O)CC[C@@H]2C(=O)NCCc2ccc(C(=O)O)cc2)cc1. The van der Waals surface area contributed by atoms with Gasteiger partial charge >= 0.3 is 5.97 Å². The first-order valence-electron chi connectivity index (χ1n) is 9.39. The van der Waals surface area contributed by atoms with Crippen molar-refractivity contribution in [3.63, 3.8) is 0 Å². The maximum Gasteiger partial charge on any atom is 0.335 e. The maximum atomic E-state index is 12.6. The van der Waals surface area contributed by atoms with E-state index >= 15 is 0 Å². The maximum absolute atomic E-state index is 12.6. The molecule has 0 aliphatic carbocycles. The van der Waals surface area contributed by atoms with Gasteiger partial charge in [0.25, 0.3) is 0 Å². The Morgan fingerprint density at radius 2 is 1.71 bits per heavy atom. The van der Waals surface area contributed by atoms with E-state index in [0.29, 0.717) is 32.4 Å². The Balaban J connectivity index is 1.54. The molecule has 0 bridgehead atoms.